The molecule has 0 radical (unpaired) electrons. The zero-order chi connectivity index (χ0) is 12.6. The van der Waals surface area contributed by atoms with Crippen molar-refractivity contribution in [1.82, 2.24) is 4.90 Å². The molecule has 0 amide bonds. The number of rotatable bonds is 3. The number of carbonyl (C=O) groups excluding carboxylic acids is 1. The molecule has 0 atom stereocenters. The Labute approximate surface area is 101 Å². The van der Waals surface area contributed by atoms with Gasteiger partial charge in [0.15, 0.2) is 6.61 Å². The van der Waals surface area contributed by atoms with Crippen LogP contribution < -0.4 is 0 Å². The van der Waals surface area contributed by atoms with E-state index in [1.165, 1.54) is 6.07 Å². The van der Waals surface area contributed by atoms with E-state index in [-0.39, 0.29) is 23.5 Å². The van der Waals surface area contributed by atoms with Gasteiger partial charge in [-0.2, -0.15) is 0 Å². The van der Waals surface area contributed by atoms with Gasteiger partial charge in [0, 0.05) is 19.7 Å². The monoisotopic (exact) mass is 259 g/mol. The molecule has 0 unspecified atom stereocenters. The van der Waals surface area contributed by atoms with Crippen LogP contribution in [0, 0.1) is 0 Å². The number of ether oxygens (including phenoxy) is 1. The number of alkyl halides is 2. The number of hydrogen-bond donors (Lipinski definition) is 0. The van der Waals surface area contributed by atoms with E-state index in [0.29, 0.717) is 10.8 Å². The Balaban J connectivity index is 2.54. The third kappa shape index (κ3) is 2.04. The van der Waals surface area contributed by atoms with Gasteiger partial charge < -0.3 is 9.64 Å². The predicted octanol–water partition coefficient (Wildman–Crippen LogP) is 2.52. The molecule has 1 aromatic rings. The maximum Gasteiger partial charge on any atom is 0.265 e. The van der Waals surface area contributed by atoms with Crippen molar-refractivity contribution >= 4 is 22.7 Å². The minimum absolute atomic E-state index is 0.0799. The molecule has 17 heavy (non-hydrogen) atoms. The van der Waals surface area contributed by atoms with Gasteiger partial charge in [-0.05, 0) is 11.4 Å². The largest absolute Gasteiger partial charge is 0.470 e. The Morgan fingerprint density at radius 1 is 1.47 bits per heavy atom. The maximum atomic E-state index is 12.8. The fourth-order valence-electron chi connectivity index (χ4n) is 1.67. The lowest BCUT2D eigenvalue weighted by atomic mass is 10.1. The van der Waals surface area contributed by atoms with E-state index >= 15 is 0 Å². The Morgan fingerprint density at radius 2 is 2.18 bits per heavy atom. The minimum atomic E-state index is -2.58. The van der Waals surface area contributed by atoms with Crippen molar-refractivity contribution in [3.8, 4) is 0 Å². The van der Waals surface area contributed by atoms with Crippen molar-refractivity contribution in [2.45, 2.75) is 6.43 Å². The van der Waals surface area contributed by atoms with Crippen LogP contribution in [0.1, 0.15) is 16.9 Å². The van der Waals surface area contributed by atoms with E-state index in [1.54, 1.807) is 24.4 Å². The van der Waals surface area contributed by atoms with E-state index in [1.807, 2.05) is 0 Å². The summed E-state index contributed by atoms with van der Waals surface area (Å²) < 4.78 is 30.8. The third-order valence-corrected chi connectivity index (χ3v) is 3.34. The maximum absolute atomic E-state index is 12.8. The molecule has 0 bridgehead atoms. The first-order valence-electron chi connectivity index (χ1n) is 4.96. The van der Waals surface area contributed by atoms with E-state index in [9.17, 15) is 13.6 Å². The SMILES string of the molecule is CN(C)C1=C(c2sccc2C(F)F)C(=O)CO1. The Kier molecular flexibility index (Phi) is 3.15. The fraction of sp³-hybridized carbons (Fsp3) is 0.364. The third-order valence-electron chi connectivity index (χ3n) is 2.40. The molecule has 1 aliphatic heterocycles. The number of halogens is 2. The smallest absolute Gasteiger partial charge is 0.265 e. The summed E-state index contributed by atoms with van der Waals surface area (Å²) in [4.78, 5) is 13.6. The Bertz CT molecular complexity index is 480. The van der Waals surface area contributed by atoms with Gasteiger partial charge in [-0.15, -0.1) is 11.3 Å². The summed E-state index contributed by atoms with van der Waals surface area (Å²) >= 11 is 1.13. The predicted molar refractivity (Wildman–Crippen MR) is 60.8 cm³/mol. The summed E-state index contributed by atoms with van der Waals surface area (Å²) in [6.45, 7) is -0.0799. The molecule has 2 heterocycles. The molecule has 92 valence electrons. The standard InChI is InChI=1S/C11H11F2NO2S/c1-14(2)11-8(7(15)5-16-11)9-6(10(12)13)3-4-17-9/h3-4,10H,5H2,1-2H3. The number of ketones is 1. The lowest BCUT2D eigenvalue weighted by Gasteiger charge is -2.14. The van der Waals surface area contributed by atoms with Crippen LogP contribution in [0.3, 0.4) is 0 Å². The number of hydrogen-bond acceptors (Lipinski definition) is 4. The fourth-order valence-corrected chi connectivity index (χ4v) is 2.63. The minimum Gasteiger partial charge on any atom is -0.470 e. The van der Waals surface area contributed by atoms with Crippen molar-refractivity contribution in [3.63, 3.8) is 0 Å². The normalized spacial score (nSPS) is 15.7. The van der Waals surface area contributed by atoms with Gasteiger partial charge >= 0.3 is 0 Å². The summed E-state index contributed by atoms with van der Waals surface area (Å²) in [7, 11) is 3.42. The van der Waals surface area contributed by atoms with Gasteiger partial charge in [0.25, 0.3) is 6.43 Å². The van der Waals surface area contributed by atoms with Crippen LogP contribution in [0.5, 0.6) is 0 Å². The summed E-state index contributed by atoms with van der Waals surface area (Å²) in [5.41, 5.74) is 0.156. The highest BCUT2D eigenvalue weighted by Crippen LogP contribution is 2.37. The Hall–Kier alpha value is -1.43. The van der Waals surface area contributed by atoms with Gasteiger partial charge in [0.1, 0.15) is 0 Å². The van der Waals surface area contributed by atoms with Gasteiger partial charge in [0.05, 0.1) is 10.5 Å². The lowest BCUT2D eigenvalue weighted by Crippen LogP contribution is -2.12. The van der Waals surface area contributed by atoms with Gasteiger partial charge in [-0.3, -0.25) is 4.79 Å². The van der Waals surface area contributed by atoms with Crippen LogP contribution >= 0.6 is 11.3 Å². The van der Waals surface area contributed by atoms with E-state index in [2.05, 4.69) is 0 Å². The van der Waals surface area contributed by atoms with Gasteiger partial charge in [-0.25, -0.2) is 8.78 Å². The molecule has 0 spiro atoms. The second-order valence-corrected chi connectivity index (χ2v) is 4.71. The highest BCUT2D eigenvalue weighted by Gasteiger charge is 2.31. The highest BCUT2D eigenvalue weighted by atomic mass is 32.1. The van der Waals surface area contributed by atoms with Crippen LogP contribution in [0.4, 0.5) is 8.78 Å². The number of thiophene rings is 1. The molecule has 0 saturated carbocycles. The quantitative estimate of drug-likeness (QED) is 0.835. The molecule has 1 aromatic heterocycles. The van der Waals surface area contributed by atoms with Crippen LogP contribution in [0.15, 0.2) is 17.3 Å². The number of Topliss-reactive ketones (excluding diaryl/α,β-unsaturated/α-hetero) is 1. The summed E-state index contributed by atoms with van der Waals surface area (Å²) in [6, 6.07) is 1.34. The van der Waals surface area contributed by atoms with E-state index < -0.39 is 6.43 Å². The Morgan fingerprint density at radius 3 is 2.76 bits per heavy atom. The topological polar surface area (TPSA) is 29.5 Å². The van der Waals surface area contributed by atoms with E-state index in [0.717, 1.165) is 11.3 Å². The molecule has 0 saturated heterocycles. The highest BCUT2D eigenvalue weighted by molar-refractivity contribution is 7.11. The van der Waals surface area contributed by atoms with Crippen molar-refractivity contribution in [2.75, 3.05) is 20.7 Å². The second-order valence-electron chi connectivity index (χ2n) is 3.79. The van der Waals surface area contributed by atoms with Gasteiger partial charge in [-0.1, -0.05) is 0 Å². The molecule has 0 aliphatic carbocycles. The van der Waals surface area contributed by atoms with E-state index in [4.69, 9.17) is 4.74 Å². The first kappa shape index (κ1) is 12.0. The van der Waals surface area contributed by atoms with Crippen LogP contribution in [-0.4, -0.2) is 31.4 Å². The average molecular weight is 259 g/mol. The summed E-state index contributed by atoms with van der Waals surface area (Å²) in [6.07, 6.45) is -2.58. The zero-order valence-electron chi connectivity index (χ0n) is 9.37. The molecule has 3 nitrogen and oxygen atoms in total. The van der Waals surface area contributed by atoms with Crippen molar-refractivity contribution < 1.29 is 18.3 Å². The first-order valence-corrected chi connectivity index (χ1v) is 5.84. The zero-order valence-corrected chi connectivity index (χ0v) is 10.2. The molecule has 2 rings (SSSR count). The van der Waals surface area contributed by atoms with Crippen molar-refractivity contribution in [3.05, 3.63) is 27.8 Å². The number of carbonyl (C=O) groups is 1. The lowest BCUT2D eigenvalue weighted by molar-refractivity contribution is -0.115. The summed E-state index contributed by atoms with van der Waals surface area (Å²) in [5, 5.41) is 1.56. The molecule has 0 aromatic carbocycles. The molecule has 6 heteroatoms. The molecule has 0 fully saturated rings. The molecule has 1 aliphatic rings. The van der Waals surface area contributed by atoms with Crippen molar-refractivity contribution in [1.29, 1.82) is 0 Å². The van der Waals surface area contributed by atoms with Crippen LogP contribution in [0.25, 0.3) is 5.57 Å². The molecular weight excluding hydrogens is 248 g/mol. The average Bonchev–Trinajstić information content (AvgIpc) is 2.82. The van der Waals surface area contributed by atoms with Crippen LogP contribution in [0.2, 0.25) is 0 Å². The van der Waals surface area contributed by atoms with Crippen molar-refractivity contribution in [2.24, 2.45) is 0 Å². The molecule has 0 N–H and O–H groups in total. The number of nitrogens with zero attached hydrogens (tertiary/aromatic N) is 1. The summed E-state index contributed by atoms with van der Waals surface area (Å²) in [5.74, 6) is 0.109. The first-order chi connectivity index (χ1) is 8.02. The van der Waals surface area contributed by atoms with Gasteiger partial charge in [0.2, 0.25) is 11.7 Å². The van der Waals surface area contributed by atoms with Crippen LogP contribution in [-0.2, 0) is 9.53 Å². The molecular formula is C11H11F2NO2S. The second kappa shape index (κ2) is 4.44.